The van der Waals surface area contributed by atoms with Crippen LogP contribution in [-0.2, 0) is 6.54 Å². The molecule has 0 spiro atoms. The molecule has 1 N–H and O–H groups in total. The normalized spacial score (nSPS) is 9.94. The Bertz CT molecular complexity index is 525. The van der Waals surface area contributed by atoms with E-state index in [2.05, 4.69) is 10.2 Å². The van der Waals surface area contributed by atoms with E-state index < -0.39 is 0 Å². The van der Waals surface area contributed by atoms with E-state index in [9.17, 15) is 4.79 Å². The summed E-state index contributed by atoms with van der Waals surface area (Å²) in [5, 5.41) is 15.0. The molecule has 0 atom stereocenters. The van der Waals surface area contributed by atoms with Gasteiger partial charge >= 0.3 is 0 Å². The molecular formula is C12H12N4O2. The summed E-state index contributed by atoms with van der Waals surface area (Å²) in [4.78, 5) is 13.7. The van der Waals surface area contributed by atoms with Gasteiger partial charge in [0.1, 0.15) is 5.76 Å². The van der Waals surface area contributed by atoms with Crippen molar-refractivity contribution < 1.29 is 9.21 Å². The maximum atomic E-state index is 12.2. The first kappa shape index (κ1) is 11.9. The van der Waals surface area contributed by atoms with Crippen molar-refractivity contribution in [1.29, 1.82) is 5.26 Å². The molecule has 0 unspecified atom stereocenters. The minimum Gasteiger partial charge on any atom is -0.467 e. The fourth-order valence-corrected chi connectivity index (χ4v) is 1.58. The van der Waals surface area contributed by atoms with Crippen molar-refractivity contribution in [1.82, 2.24) is 15.1 Å². The van der Waals surface area contributed by atoms with Gasteiger partial charge in [-0.2, -0.15) is 10.4 Å². The van der Waals surface area contributed by atoms with E-state index in [-0.39, 0.29) is 12.3 Å². The van der Waals surface area contributed by atoms with Gasteiger partial charge in [-0.15, -0.1) is 0 Å². The van der Waals surface area contributed by atoms with E-state index in [1.807, 2.05) is 6.07 Å². The van der Waals surface area contributed by atoms with Crippen LogP contribution in [0.1, 0.15) is 22.5 Å². The lowest BCUT2D eigenvalue weighted by atomic mass is 10.2. The summed E-state index contributed by atoms with van der Waals surface area (Å²) in [6, 6.07) is 5.59. The van der Waals surface area contributed by atoms with Gasteiger partial charge in [0.25, 0.3) is 5.91 Å². The zero-order chi connectivity index (χ0) is 12.8. The van der Waals surface area contributed by atoms with Crippen LogP contribution in [-0.4, -0.2) is 27.5 Å². The number of amides is 1. The van der Waals surface area contributed by atoms with E-state index in [4.69, 9.17) is 9.68 Å². The lowest BCUT2D eigenvalue weighted by Gasteiger charge is -2.19. The van der Waals surface area contributed by atoms with Crippen molar-refractivity contribution in [3.05, 3.63) is 42.1 Å². The van der Waals surface area contributed by atoms with Crippen molar-refractivity contribution in [2.45, 2.75) is 13.0 Å². The average molecular weight is 244 g/mol. The highest BCUT2D eigenvalue weighted by atomic mass is 16.3. The predicted octanol–water partition coefficient (Wildman–Crippen LogP) is 1.56. The average Bonchev–Trinajstić information content (AvgIpc) is 3.06. The number of carbonyl (C=O) groups excluding carboxylic acids is 1. The quantitative estimate of drug-likeness (QED) is 0.864. The Kier molecular flexibility index (Phi) is 3.76. The molecule has 0 aliphatic carbocycles. The first-order chi connectivity index (χ1) is 8.81. The van der Waals surface area contributed by atoms with Crippen LogP contribution < -0.4 is 0 Å². The van der Waals surface area contributed by atoms with Crippen LogP contribution in [0, 0.1) is 11.3 Å². The lowest BCUT2D eigenvalue weighted by molar-refractivity contribution is 0.0735. The van der Waals surface area contributed by atoms with Gasteiger partial charge in [-0.3, -0.25) is 9.89 Å². The van der Waals surface area contributed by atoms with E-state index >= 15 is 0 Å². The van der Waals surface area contributed by atoms with Crippen molar-refractivity contribution in [2.75, 3.05) is 6.54 Å². The number of hydrogen-bond acceptors (Lipinski definition) is 4. The van der Waals surface area contributed by atoms with Crippen LogP contribution in [0.4, 0.5) is 0 Å². The molecule has 92 valence electrons. The SMILES string of the molecule is N#CCCN(Cc1ccco1)C(=O)c1cn[nH]c1. The van der Waals surface area contributed by atoms with E-state index in [0.29, 0.717) is 24.4 Å². The molecule has 0 saturated heterocycles. The molecule has 2 aromatic rings. The molecule has 18 heavy (non-hydrogen) atoms. The number of rotatable bonds is 5. The third-order valence-corrected chi connectivity index (χ3v) is 2.45. The number of nitrogens with one attached hydrogen (secondary N) is 1. The number of hydrogen-bond donors (Lipinski definition) is 1. The number of H-pyrrole nitrogens is 1. The van der Waals surface area contributed by atoms with Gasteiger partial charge in [-0.1, -0.05) is 0 Å². The molecular weight excluding hydrogens is 232 g/mol. The molecule has 1 amide bonds. The van der Waals surface area contributed by atoms with Crippen LogP contribution in [0.25, 0.3) is 0 Å². The van der Waals surface area contributed by atoms with E-state index in [1.165, 1.54) is 12.4 Å². The minimum atomic E-state index is -0.171. The Morgan fingerprint density at radius 2 is 2.50 bits per heavy atom. The summed E-state index contributed by atoms with van der Waals surface area (Å²) in [7, 11) is 0. The van der Waals surface area contributed by atoms with Gasteiger partial charge in [0.15, 0.2) is 0 Å². The summed E-state index contributed by atoms with van der Waals surface area (Å²) < 4.78 is 5.21. The molecule has 2 heterocycles. The monoisotopic (exact) mass is 244 g/mol. The van der Waals surface area contributed by atoms with Crippen LogP contribution in [0.2, 0.25) is 0 Å². The Morgan fingerprint density at radius 1 is 1.61 bits per heavy atom. The smallest absolute Gasteiger partial charge is 0.257 e. The molecule has 0 fully saturated rings. The standard InChI is InChI=1S/C12H12N4O2/c13-4-2-5-16(9-11-3-1-6-18-11)12(17)10-7-14-15-8-10/h1,3,6-8H,2,5,9H2,(H,14,15). The Balaban J connectivity index is 2.09. The molecule has 6 nitrogen and oxygen atoms in total. The molecule has 0 aliphatic heterocycles. The van der Waals surface area contributed by atoms with Crippen LogP contribution >= 0.6 is 0 Å². The zero-order valence-electron chi connectivity index (χ0n) is 9.67. The Hall–Kier alpha value is -2.55. The molecule has 0 radical (unpaired) electrons. The zero-order valence-corrected chi connectivity index (χ0v) is 9.67. The van der Waals surface area contributed by atoms with Gasteiger partial charge in [0.05, 0.1) is 37.1 Å². The molecule has 0 aromatic carbocycles. The van der Waals surface area contributed by atoms with Crippen LogP contribution in [0.5, 0.6) is 0 Å². The summed E-state index contributed by atoms with van der Waals surface area (Å²) >= 11 is 0. The first-order valence-electron chi connectivity index (χ1n) is 5.48. The van der Waals surface area contributed by atoms with Crippen molar-refractivity contribution in [2.24, 2.45) is 0 Å². The van der Waals surface area contributed by atoms with Crippen molar-refractivity contribution >= 4 is 5.91 Å². The Morgan fingerprint density at radius 3 is 3.11 bits per heavy atom. The van der Waals surface area contributed by atoms with Gasteiger partial charge < -0.3 is 9.32 Å². The first-order valence-corrected chi connectivity index (χ1v) is 5.48. The number of carbonyl (C=O) groups is 1. The van der Waals surface area contributed by atoms with Crippen LogP contribution in [0.3, 0.4) is 0 Å². The second-order valence-corrected chi connectivity index (χ2v) is 3.70. The molecule has 2 rings (SSSR count). The predicted molar refractivity (Wildman–Crippen MR) is 62.3 cm³/mol. The fraction of sp³-hybridized carbons (Fsp3) is 0.250. The topological polar surface area (TPSA) is 85.9 Å². The number of aromatic amines is 1. The van der Waals surface area contributed by atoms with E-state index in [1.54, 1.807) is 23.3 Å². The van der Waals surface area contributed by atoms with Crippen molar-refractivity contribution in [3.8, 4) is 6.07 Å². The molecule has 6 heteroatoms. The lowest BCUT2D eigenvalue weighted by Crippen LogP contribution is -2.31. The molecule has 0 bridgehead atoms. The number of furan rings is 1. The maximum absolute atomic E-state index is 12.2. The molecule has 0 saturated carbocycles. The van der Waals surface area contributed by atoms with Gasteiger partial charge in [0, 0.05) is 12.7 Å². The van der Waals surface area contributed by atoms with Gasteiger partial charge in [0.2, 0.25) is 0 Å². The number of nitriles is 1. The van der Waals surface area contributed by atoms with Crippen LogP contribution in [0.15, 0.2) is 35.2 Å². The largest absolute Gasteiger partial charge is 0.467 e. The minimum absolute atomic E-state index is 0.171. The number of nitrogens with zero attached hydrogens (tertiary/aromatic N) is 3. The second-order valence-electron chi connectivity index (χ2n) is 3.70. The molecule has 0 aliphatic rings. The summed E-state index contributed by atoms with van der Waals surface area (Å²) in [6.45, 7) is 0.708. The van der Waals surface area contributed by atoms with Gasteiger partial charge in [-0.25, -0.2) is 0 Å². The highest BCUT2D eigenvalue weighted by Gasteiger charge is 2.17. The second kappa shape index (κ2) is 5.68. The van der Waals surface area contributed by atoms with Gasteiger partial charge in [-0.05, 0) is 12.1 Å². The number of aromatic nitrogens is 2. The summed E-state index contributed by atoms with van der Waals surface area (Å²) in [5.74, 6) is 0.514. The van der Waals surface area contributed by atoms with Crippen molar-refractivity contribution in [3.63, 3.8) is 0 Å². The fourth-order valence-electron chi connectivity index (χ4n) is 1.58. The summed E-state index contributed by atoms with van der Waals surface area (Å²) in [5.41, 5.74) is 0.472. The third kappa shape index (κ3) is 2.77. The summed E-state index contributed by atoms with van der Waals surface area (Å²) in [6.07, 6.45) is 4.83. The molecule has 2 aromatic heterocycles. The van der Waals surface area contributed by atoms with E-state index in [0.717, 1.165) is 0 Å². The highest BCUT2D eigenvalue weighted by molar-refractivity contribution is 5.93. The third-order valence-electron chi connectivity index (χ3n) is 2.45. The Labute approximate surface area is 104 Å². The maximum Gasteiger partial charge on any atom is 0.257 e. The highest BCUT2D eigenvalue weighted by Crippen LogP contribution is 2.10.